The van der Waals surface area contributed by atoms with E-state index in [2.05, 4.69) is 4.90 Å². The molecule has 1 aliphatic rings. The van der Waals surface area contributed by atoms with Crippen molar-refractivity contribution >= 4 is 15.7 Å². The van der Waals surface area contributed by atoms with Crippen LogP contribution in [0.3, 0.4) is 0 Å². The van der Waals surface area contributed by atoms with Gasteiger partial charge < -0.3 is 9.64 Å². The molecule has 0 amide bonds. The minimum Gasteiger partial charge on any atom is -0.497 e. The molecule has 0 aromatic heterocycles. The van der Waals surface area contributed by atoms with Crippen molar-refractivity contribution in [1.29, 1.82) is 0 Å². The van der Waals surface area contributed by atoms with Crippen molar-refractivity contribution in [2.45, 2.75) is 4.90 Å². The van der Waals surface area contributed by atoms with Crippen molar-refractivity contribution in [3.05, 3.63) is 54.3 Å². The summed E-state index contributed by atoms with van der Waals surface area (Å²) in [6.45, 7) is 1.76. The number of hydrogen-bond acceptors (Lipinski definition) is 4. The summed E-state index contributed by atoms with van der Waals surface area (Å²) in [7, 11) is -2.18. The summed E-state index contributed by atoms with van der Waals surface area (Å²) in [5.74, 6) is 0.0644. The number of methoxy groups -OCH3 is 1. The summed E-state index contributed by atoms with van der Waals surface area (Å²) in [6, 6.07) is 13.1. The Morgan fingerprint density at radius 2 is 1.58 bits per heavy atom. The number of halogens is 1. The van der Waals surface area contributed by atoms with Crippen molar-refractivity contribution in [1.82, 2.24) is 4.31 Å². The molecule has 1 aliphatic heterocycles. The van der Waals surface area contributed by atoms with Crippen LogP contribution < -0.4 is 9.64 Å². The van der Waals surface area contributed by atoms with E-state index < -0.39 is 15.8 Å². The maximum absolute atomic E-state index is 13.8. The summed E-state index contributed by atoms with van der Waals surface area (Å²) in [6.07, 6.45) is 0. The quantitative estimate of drug-likeness (QED) is 0.849. The number of ether oxygens (including phenoxy) is 1. The molecule has 0 bridgehead atoms. The van der Waals surface area contributed by atoms with Crippen LogP contribution in [0.15, 0.2) is 53.4 Å². The summed E-state index contributed by atoms with van der Waals surface area (Å²) >= 11 is 0. The Morgan fingerprint density at radius 3 is 2.17 bits per heavy atom. The molecule has 0 atom stereocenters. The third kappa shape index (κ3) is 3.22. The second-order valence-electron chi connectivity index (χ2n) is 5.52. The molecule has 24 heavy (non-hydrogen) atoms. The molecule has 0 radical (unpaired) electrons. The number of nitrogens with zero attached hydrogens (tertiary/aromatic N) is 2. The zero-order chi connectivity index (χ0) is 17.2. The van der Waals surface area contributed by atoms with E-state index in [1.165, 1.54) is 28.6 Å². The molecule has 128 valence electrons. The maximum atomic E-state index is 13.8. The average Bonchev–Trinajstić information content (AvgIpc) is 2.62. The van der Waals surface area contributed by atoms with Gasteiger partial charge in [-0.15, -0.1) is 0 Å². The number of rotatable bonds is 4. The Bertz CT molecular complexity index is 801. The summed E-state index contributed by atoms with van der Waals surface area (Å²) in [5, 5.41) is 0. The molecule has 0 saturated carbocycles. The second-order valence-corrected chi connectivity index (χ2v) is 7.43. The summed E-state index contributed by atoms with van der Waals surface area (Å²) in [5.41, 5.74) is 1.01. The van der Waals surface area contributed by atoms with Crippen LogP contribution in [0.2, 0.25) is 0 Å². The van der Waals surface area contributed by atoms with E-state index in [1.54, 1.807) is 7.11 Å². The summed E-state index contributed by atoms with van der Waals surface area (Å²) in [4.78, 5) is 1.84. The molecular formula is C17H19FN2O3S. The molecule has 1 fully saturated rings. The van der Waals surface area contributed by atoms with Crippen LogP contribution in [0.1, 0.15) is 0 Å². The van der Waals surface area contributed by atoms with Gasteiger partial charge in [0.15, 0.2) is 0 Å². The average molecular weight is 350 g/mol. The van der Waals surface area contributed by atoms with Crippen LogP contribution in [0.25, 0.3) is 0 Å². The Morgan fingerprint density at radius 1 is 0.958 bits per heavy atom. The molecule has 3 rings (SSSR count). The van der Waals surface area contributed by atoms with Crippen LogP contribution >= 0.6 is 0 Å². The van der Waals surface area contributed by atoms with Gasteiger partial charge in [0.1, 0.15) is 16.5 Å². The van der Waals surface area contributed by atoms with E-state index in [0.717, 1.165) is 11.4 Å². The van der Waals surface area contributed by atoms with E-state index in [4.69, 9.17) is 4.74 Å². The molecule has 0 aliphatic carbocycles. The monoisotopic (exact) mass is 350 g/mol. The van der Waals surface area contributed by atoms with Gasteiger partial charge in [0.05, 0.1) is 7.11 Å². The van der Waals surface area contributed by atoms with Gasteiger partial charge >= 0.3 is 0 Å². The molecular weight excluding hydrogens is 331 g/mol. The molecule has 0 N–H and O–H groups in total. The Kier molecular flexibility index (Phi) is 4.73. The molecule has 5 nitrogen and oxygen atoms in total. The van der Waals surface area contributed by atoms with Crippen LogP contribution in [0, 0.1) is 5.82 Å². The van der Waals surface area contributed by atoms with Gasteiger partial charge in [0, 0.05) is 31.9 Å². The fraction of sp³-hybridized carbons (Fsp3) is 0.294. The van der Waals surface area contributed by atoms with E-state index in [-0.39, 0.29) is 4.90 Å². The smallest absolute Gasteiger partial charge is 0.246 e. The fourth-order valence-corrected chi connectivity index (χ4v) is 4.26. The Labute approximate surface area is 141 Å². The zero-order valence-corrected chi connectivity index (χ0v) is 14.2. The SMILES string of the molecule is COc1ccc(N2CCN(S(=O)(=O)c3ccccc3F)CC2)cc1. The minimum atomic E-state index is -3.80. The normalized spacial score (nSPS) is 16.2. The van der Waals surface area contributed by atoms with Crippen LogP contribution in [-0.4, -0.2) is 46.0 Å². The maximum Gasteiger partial charge on any atom is 0.246 e. The van der Waals surface area contributed by atoms with E-state index >= 15 is 0 Å². The van der Waals surface area contributed by atoms with Crippen LogP contribution in [0.4, 0.5) is 10.1 Å². The first kappa shape index (κ1) is 16.7. The standard InChI is InChI=1S/C17H19FN2O3S/c1-23-15-8-6-14(7-9-15)19-10-12-20(13-11-19)24(21,22)17-5-3-2-4-16(17)18/h2-9H,10-13H2,1H3. The highest BCUT2D eigenvalue weighted by Gasteiger charge is 2.30. The number of piperazine rings is 1. The van der Waals surface area contributed by atoms with Crippen molar-refractivity contribution < 1.29 is 17.5 Å². The second kappa shape index (κ2) is 6.78. The number of benzene rings is 2. The zero-order valence-electron chi connectivity index (χ0n) is 13.4. The van der Waals surface area contributed by atoms with Gasteiger partial charge in [0.2, 0.25) is 10.0 Å². The number of sulfonamides is 1. The highest BCUT2D eigenvalue weighted by Crippen LogP contribution is 2.24. The van der Waals surface area contributed by atoms with Crippen molar-refractivity contribution in [2.75, 3.05) is 38.2 Å². The lowest BCUT2D eigenvalue weighted by Gasteiger charge is -2.35. The lowest BCUT2D eigenvalue weighted by molar-refractivity contribution is 0.382. The van der Waals surface area contributed by atoms with Crippen molar-refractivity contribution in [3.63, 3.8) is 0 Å². The third-order valence-corrected chi connectivity index (χ3v) is 6.06. The predicted molar refractivity (Wildman–Crippen MR) is 90.4 cm³/mol. The first-order valence-electron chi connectivity index (χ1n) is 7.66. The van der Waals surface area contributed by atoms with Crippen LogP contribution in [0.5, 0.6) is 5.75 Å². The van der Waals surface area contributed by atoms with Gasteiger partial charge in [-0.3, -0.25) is 0 Å². The van der Waals surface area contributed by atoms with E-state index in [9.17, 15) is 12.8 Å². The molecule has 2 aromatic carbocycles. The van der Waals surface area contributed by atoms with Gasteiger partial charge in [0.25, 0.3) is 0 Å². The lowest BCUT2D eigenvalue weighted by atomic mass is 10.2. The van der Waals surface area contributed by atoms with Crippen molar-refractivity contribution in [3.8, 4) is 5.75 Å². The molecule has 1 heterocycles. The molecule has 2 aromatic rings. The fourth-order valence-electron chi connectivity index (χ4n) is 2.77. The third-order valence-electron chi connectivity index (χ3n) is 4.13. The topological polar surface area (TPSA) is 49.9 Å². The highest BCUT2D eigenvalue weighted by atomic mass is 32.2. The van der Waals surface area contributed by atoms with E-state index in [1.807, 2.05) is 24.3 Å². The van der Waals surface area contributed by atoms with Gasteiger partial charge in [-0.05, 0) is 36.4 Å². The summed E-state index contributed by atoms with van der Waals surface area (Å²) < 4.78 is 45.5. The predicted octanol–water partition coefficient (Wildman–Crippen LogP) is 2.35. The first-order chi connectivity index (χ1) is 11.5. The number of anilines is 1. The molecule has 7 heteroatoms. The van der Waals surface area contributed by atoms with Gasteiger partial charge in [-0.2, -0.15) is 4.31 Å². The van der Waals surface area contributed by atoms with Crippen molar-refractivity contribution in [2.24, 2.45) is 0 Å². The Hall–Kier alpha value is -2.12. The number of hydrogen-bond donors (Lipinski definition) is 0. The van der Waals surface area contributed by atoms with Gasteiger partial charge in [-0.1, -0.05) is 12.1 Å². The molecule has 1 saturated heterocycles. The molecule has 0 spiro atoms. The Balaban J connectivity index is 1.71. The highest BCUT2D eigenvalue weighted by molar-refractivity contribution is 7.89. The van der Waals surface area contributed by atoms with Gasteiger partial charge in [-0.25, -0.2) is 12.8 Å². The first-order valence-corrected chi connectivity index (χ1v) is 9.10. The lowest BCUT2D eigenvalue weighted by Crippen LogP contribution is -2.48. The van der Waals surface area contributed by atoms with E-state index in [0.29, 0.717) is 26.2 Å². The molecule has 0 unspecified atom stereocenters. The minimum absolute atomic E-state index is 0.261. The van der Waals surface area contributed by atoms with Crippen LogP contribution in [-0.2, 0) is 10.0 Å². The largest absolute Gasteiger partial charge is 0.497 e.